The van der Waals surface area contributed by atoms with Gasteiger partial charge in [-0.25, -0.2) is 8.42 Å². The normalized spacial score (nSPS) is 18.2. The largest absolute Gasteiger partial charge is 0.227 e. The molecule has 0 saturated heterocycles. The van der Waals surface area contributed by atoms with E-state index in [2.05, 4.69) is 0 Å². The van der Waals surface area contributed by atoms with E-state index in [0.29, 0.717) is 4.90 Å². The average molecular weight is 223 g/mol. The van der Waals surface area contributed by atoms with Crippen molar-refractivity contribution >= 4 is 10.7 Å². The third-order valence-corrected chi connectivity index (χ3v) is 3.72. The van der Waals surface area contributed by atoms with Crippen LogP contribution in [0.3, 0.4) is 0 Å². The molecule has 1 aliphatic carbocycles. The summed E-state index contributed by atoms with van der Waals surface area (Å²) in [4.78, 5) is 0.490. The quantitative estimate of drug-likeness (QED) is 0.782. The predicted molar refractivity (Wildman–Crippen MR) is 60.5 cm³/mol. The number of hydrogen-bond acceptors (Lipinski definition) is 2. The van der Waals surface area contributed by atoms with Crippen LogP contribution >= 0.6 is 0 Å². The molecule has 1 aromatic carbocycles. The van der Waals surface area contributed by atoms with Crippen molar-refractivity contribution in [3.8, 4) is 0 Å². The summed E-state index contributed by atoms with van der Waals surface area (Å²) in [5, 5.41) is 0. The zero-order chi connectivity index (χ0) is 10.7. The van der Waals surface area contributed by atoms with Gasteiger partial charge < -0.3 is 0 Å². The van der Waals surface area contributed by atoms with Crippen molar-refractivity contribution in [3.63, 3.8) is 0 Å². The average Bonchev–Trinajstić information content (AvgIpc) is 2.30. The second-order valence-electron chi connectivity index (χ2n) is 3.94. The minimum Gasteiger partial charge on any atom is -0.227 e. The van der Waals surface area contributed by atoms with E-state index in [9.17, 15) is 8.42 Å². The van der Waals surface area contributed by atoms with Gasteiger partial charge in [0, 0.05) is 5.92 Å². The Morgan fingerprint density at radius 1 is 0.933 bits per heavy atom. The molecule has 0 unspecified atom stereocenters. The standard InChI is InChI=1S/C12H15O2S/c13-15(14)12-9-5-4-8-11(12)10-6-2-1-3-7-10/h4-5,8-9,15H,1-3,6-7H2. The first-order valence-corrected chi connectivity index (χ1v) is 6.55. The highest BCUT2D eigenvalue weighted by Crippen LogP contribution is 2.33. The Bertz CT molecular complexity index is 396. The molecule has 1 fully saturated rings. The summed E-state index contributed by atoms with van der Waals surface area (Å²) in [5.74, 6) is 1.32. The van der Waals surface area contributed by atoms with Gasteiger partial charge in [-0.05, 0) is 24.5 Å². The van der Waals surface area contributed by atoms with Crippen molar-refractivity contribution in [2.45, 2.75) is 37.0 Å². The molecule has 2 nitrogen and oxygen atoms in total. The smallest absolute Gasteiger partial charge is 0.168 e. The topological polar surface area (TPSA) is 34.1 Å². The van der Waals surface area contributed by atoms with Gasteiger partial charge in [0.1, 0.15) is 0 Å². The molecular formula is C12H15O2S. The lowest BCUT2D eigenvalue weighted by Crippen LogP contribution is -2.07. The molecule has 3 heteroatoms. The van der Waals surface area contributed by atoms with E-state index >= 15 is 0 Å². The lowest BCUT2D eigenvalue weighted by molar-refractivity contribution is 0.547. The Balaban J connectivity index is 2.33. The van der Waals surface area contributed by atoms with Crippen LogP contribution in [0.1, 0.15) is 37.7 Å². The fraction of sp³-hybridized carbons (Fsp3) is 0.417. The van der Waals surface area contributed by atoms with E-state index in [1.807, 2.05) is 12.1 Å². The summed E-state index contributed by atoms with van der Waals surface area (Å²) in [7, 11) is -2.46. The van der Waals surface area contributed by atoms with Crippen molar-refractivity contribution in [2.24, 2.45) is 0 Å². The Hall–Kier alpha value is -0.830. The van der Waals surface area contributed by atoms with Gasteiger partial charge in [-0.3, -0.25) is 0 Å². The van der Waals surface area contributed by atoms with Crippen LogP contribution in [-0.2, 0) is 10.7 Å². The Labute approximate surface area is 92.3 Å². The monoisotopic (exact) mass is 223 g/mol. The van der Waals surface area contributed by atoms with E-state index in [1.54, 1.807) is 12.1 Å². The lowest BCUT2D eigenvalue weighted by atomic mass is 9.84. The molecule has 0 bridgehead atoms. The molecule has 1 aromatic rings. The minimum absolute atomic E-state index is 0.490. The van der Waals surface area contributed by atoms with Crippen LogP contribution in [0.5, 0.6) is 0 Å². The minimum atomic E-state index is -2.46. The van der Waals surface area contributed by atoms with Gasteiger partial charge in [-0.1, -0.05) is 37.5 Å². The van der Waals surface area contributed by atoms with Crippen LogP contribution in [-0.4, -0.2) is 8.42 Å². The van der Waals surface area contributed by atoms with Gasteiger partial charge in [-0.15, -0.1) is 0 Å². The molecule has 0 amide bonds. The highest BCUT2D eigenvalue weighted by atomic mass is 32.2. The van der Waals surface area contributed by atoms with Crippen LogP contribution in [0, 0.1) is 5.92 Å². The molecule has 2 rings (SSSR count). The van der Waals surface area contributed by atoms with E-state index in [4.69, 9.17) is 0 Å². The third kappa shape index (κ3) is 2.40. The second-order valence-corrected chi connectivity index (χ2v) is 4.93. The Morgan fingerprint density at radius 3 is 2.27 bits per heavy atom. The van der Waals surface area contributed by atoms with Crippen molar-refractivity contribution in [2.75, 3.05) is 0 Å². The van der Waals surface area contributed by atoms with Gasteiger partial charge in [0.2, 0.25) is 0 Å². The molecule has 1 radical (unpaired) electrons. The highest BCUT2D eigenvalue weighted by Gasteiger charge is 2.19. The van der Waals surface area contributed by atoms with Crippen LogP contribution in [0.25, 0.3) is 0 Å². The predicted octanol–water partition coefficient (Wildman–Crippen LogP) is 2.54. The molecule has 0 spiro atoms. The fourth-order valence-corrected chi connectivity index (χ4v) is 2.82. The Kier molecular flexibility index (Phi) is 3.41. The zero-order valence-electron chi connectivity index (χ0n) is 8.61. The number of hydrogen-bond donors (Lipinski definition) is 1. The van der Waals surface area contributed by atoms with Crippen molar-refractivity contribution in [1.29, 1.82) is 0 Å². The van der Waals surface area contributed by atoms with Crippen molar-refractivity contribution in [3.05, 3.63) is 35.7 Å². The second kappa shape index (κ2) is 4.79. The molecule has 0 aliphatic heterocycles. The maximum Gasteiger partial charge on any atom is 0.168 e. The summed E-state index contributed by atoms with van der Waals surface area (Å²) in [6.07, 6.45) is 5.77. The molecule has 0 aromatic heterocycles. The SMILES string of the molecule is O=[SH](=O)c1ccccc1[C]1CCCCC1. The molecule has 0 N–H and O–H groups in total. The van der Waals surface area contributed by atoms with E-state index in [0.717, 1.165) is 18.4 Å². The molecule has 15 heavy (non-hydrogen) atoms. The van der Waals surface area contributed by atoms with E-state index in [1.165, 1.54) is 25.2 Å². The van der Waals surface area contributed by atoms with Crippen molar-refractivity contribution < 1.29 is 8.42 Å². The van der Waals surface area contributed by atoms with Gasteiger partial charge >= 0.3 is 0 Å². The van der Waals surface area contributed by atoms with Gasteiger partial charge in [-0.2, -0.15) is 0 Å². The van der Waals surface area contributed by atoms with Gasteiger partial charge in [0.15, 0.2) is 10.7 Å². The van der Waals surface area contributed by atoms with Crippen LogP contribution in [0.4, 0.5) is 0 Å². The fourth-order valence-electron chi connectivity index (χ4n) is 2.18. The molecular weight excluding hydrogens is 208 g/mol. The maximum absolute atomic E-state index is 11.1. The van der Waals surface area contributed by atoms with E-state index in [-0.39, 0.29) is 0 Å². The van der Waals surface area contributed by atoms with Gasteiger partial charge in [0.25, 0.3) is 0 Å². The first-order valence-electron chi connectivity index (χ1n) is 5.37. The molecule has 81 valence electrons. The van der Waals surface area contributed by atoms with Gasteiger partial charge in [0.05, 0.1) is 4.90 Å². The first-order chi connectivity index (χ1) is 7.29. The summed E-state index contributed by atoms with van der Waals surface area (Å²) in [6, 6.07) is 7.33. The highest BCUT2D eigenvalue weighted by molar-refractivity contribution is 7.72. The summed E-state index contributed by atoms with van der Waals surface area (Å²) in [6.45, 7) is 0. The number of thiol groups is 1. The first kappa shape index (κ1) is 10.7. The number of benzene rings is 1. The van der Waals surface area contributed by atoms with Crippen LogP contribution in [0.15, 0.2) is 29.2 Å². The molecule has 1 aliphatic rings. The summed E-state index contributed by atoms with van der Waals surface area (Å²) >= 11 is 0. The van der Waals surface area contributed by atoms with Crippen molar-refractivity contribution in [1.82, 2.24) is 0 Å². The zero-order valence-corrected chi connectivity index (χ0v) is 9.50. The Morgan fingerprint density at radius 2 is 1.60 bits per heavy atom. The molecule has 0 atom stereocenters. The summed E-state index contributed by atoms with van der Waals surface area (Å²) in [5.41, 5.74) is 0.952. The van der Waals surface area contributed by atoms with E-state index < -0.39 is 10.7 Å². The van der Waals surface area contributed by atoms with Crippen LogP contribution in [0.2, 0.25) is 0 Å². The maximum atomic E-state index is 11.1. The molecule has 0 heterocycles. The summed E-state index contributed by atoms with van der Waals surface area (Å²) < 4.78 is 22.2. The number of rotatable bonds is 2. The van der Waals surface area contributed by atoms with Crippen LogP contribution < -0.4 is 0 Å². The third-order valence-electron chi connectivity index (χ3n) is 2.94. The lowest BCUT2D eigenvalue weighted by Gasteiger charge is -2.22. The molecule has 1 saturated carbocycles.